The molecule has 0 saturated carbocycles. The summed E-state index contributed by atoms with van der Waals surface area (Å²) in [5.74, 6) is -0.389. The molecule has 0 radical (unpaired) electrons. The predicted octanol–water partition coefficient (Wildman–Crippen LogP) is 2.08. The number of thiophene rings is 1. The van der Waals surface area contributed by atoms with Crippen LogP contribution in [-0.2, 0) is 17.6 Å². The first-order valence-electron chi connectivity index (χ1n) is 6.87. The monoisotopic (exact) mass is 317 g/mol. The third-order valence-electron chi connectivity index (χ3n) is 3.32. The summed E-state index contributed by atoms with van der Waals surface area (Å²) in [7, 11) is 0. The lowest BCUT2D eigenvalue weighted by Gasteiger charge is -2.14. The summed E-state index contributed by atoms with van der Waals surface area (Å²) in [4.78, 5) is 28.8. The van der Waals surface area contributed by atoms with Crippen LogP contribution in [0.5, 0.6) is 0 Å². The summed E-state index contributed by atoms with van der Waals surface area (Å²) in [6.45, 7) is 2.07. The molecule has 22 heavy (non-hydrogen) atoms. The molecule has 8 heteroatoms. The Balaban J connectivity index is 1.89. The average Bonchev–Trinajstić information content (AvgIpc) is 3.15. The number of carboxylic acid groups (broad SMARTS) is 1. The Morgan fingerprint density at radius 2 is 2.36 bits per heavy atom. The van der Waals surface area contributed by atoms with Gasteiger partial charge in [-0.2, -0.15) is 0 Å². The molecular formula is C14H15N5O2S. The second kappa shape index (κ2) is 6.10. The van der Waals surface area contributed by atoms with Crippen molar-refractivity contribution in [3.8, 4) is 0 Å². The number of aliphatic carboxylic acids is 1. The smallest absolute Gasteiger partial charge is 0.326 e. The summed E-state index contributed by atoms with van der Waals surface area (Å²) in [5, 5.41) is 13.3. The number of aromatic nitrogens is 4. The number of imidazole rings is 1. The molecule has 1 atom stereocenters. The van der Waals surface area contributed by atoms with E-state index in [1.807, 2.05) is 6.07 Å². The average molecular weight is 317 g/mol. The van der Waals surface area contributed by atoms with E-state index in [2.05, 4.69) is 32.2 Å². The van der Waals surface area contributed by atoms with Crippen LogP contribution in [-0.4, -0.2) is 37.1 Å². The van der Waals surface area contributed by atoms with Crippen molar-refractivity contribution < 1.29 is 9.90 Å². The molecule has 0 spiro atoms. The standard InChI is InChI=1S/C14H15N5O2S/c1-2-9-4-10-12(17-7-18-13(10)22-9)19-11(14(20)21)3-8-5-15-6-16-8/h4-7,11H,2-3H2,1H3,(H,15,16)(H,20,21)(H,17,18,19). The first-order valence-corrected chi connectivity index (χ1v) is 7.69. The lowest BCUT2D eigenvalue weighted by atomic mass is 10.1. The van der Waals surface area contributed by atoms with E-state index in [0.717, 1.165) is 22.3 Å². The van der Waals surface area contributed by atoms with Crippen molar-refractivity contribution in [1.82, 2.24) is 19.9 Å². The van der Waals surface area contributed by atoms with Crippen LogP contribution in [0.25, 0.3) is 10.2 Å². The third kappa shape index (κ3) is 2.91. The van der Waals surface area contributed by atoms with E-state index in [4.69, 9.17) is 0 Å². The Kier molecular flexibility index (Phi) is 4.01. The van der Waals surface area contributed by atoms with Crippen LogP contribution in [0.1, 0.15) is 17.5 Å². The Hall–Kier alpha value is -2.48. The molecule has 0 saturated heterocycles. The minimum absolute atomic E-state index is 0.297. The van der Waals surface area contributed by atoms with Crippen molar-refractivity contribution in [2.24, 2.45) is 0 Å². The van der Waals surface area contributed by atoms with Gasteiger partial charge in [0.2, 0.25) is 0 Å². The summed E-state index contributed by atoms with van der Waals surface area (Å²) in [5.41, 5.74) is 0.754. The molecule has 0 fully saturated rings. The van der Waals surface area contributed by atoms with Crippen molar-refractivity contribution in [3.05, 3.63) is 35.5 Å². The molecule has 3 heterocycles. The van der Waals surface area contributed by atoms with Gasteiger partial charge in [-0.25, -0.2) is 19.7 Å². The van der Waals surface area contributed by atoms with E-state index in [1.165, 1.54) is 17.5 Å². The van der Waals surface area contributed by atoms with Crippen molar-refractivity contribution in [1.29, 1.82) is 0 Å². The zero-order valence-corrected chi connectivity index (χ0v) is 12.7. The Morgan fingerprint density at radius 3 is 3.05 bits per heavy atom. The maximum atomic E-state index is 11.5. The van der Waals surface area contributed by atoms with E-state index in [9.17, 15) is 9.90 Å². The fraction of sp³-hybridized carbons (Fsp3) is 0.286. The Bertz CT molecular complexity index is 784. The van der Waals surface area contributed by atoms with Gasteiger partial charge in [-0.15, -0.1) is 11.3 Å². The van der Waals surface area contributed by atoms with Gasteiger partial charge in [-0.1, -0.05) is 6.92 Å². The van der Waals surface area contributed by atoms with Crippen LogP contribution in [0.15, 0.2) is 24.9 Å². The molecule has 3 N–H and O–H groups in total. The summed E-state index contributed by atoms with van der Waals surface area (Å²) < 4.78 is 0. The molecule has 114 valence electrons. The fourth-order valence-electron chi connectivity index (χ4n) is 2.18. The Labute approximate surface area is 130 Å². The molecular weight excluding hydrogens is 302 g/mol. The number of nitrogens with zero attached hydrogens (tertiary/aromatic N) is 3. The van der Waals surface area contributed by atoms with Gasteiger partial charge in [0.1, 0.15) is 23.0 Å². The van der Waals surface area contributed by atoms with Crippen molar-refractivity contribution in [3.63, 3.8) is 0 Å². The number of rotatable bonds is 6. The molecule has 1 unspecified atom stereocenters. The number of nitrogens with one attached hydrogen (secondary N) is 2. The third-order valence-corrected chi connectivity index (χ3v) is 4.50. The maximum Gasteiger partial charge on any atom is 0.326 e. The van der Waals surface area contributed by atoms with Gasteiger partial charge in [0.25, 0.3) is 0 Å². The highest BCUT2D eigenvalue weighted by atomic mass is 32.1. The van der Waals surface area contributed by atoms with E-state index in [0.29, 0.717) is 12.2 Å². The van der Waals surface area contributed by atoms with Gasteiger partial charge in [0, 0.05) is 23.2 Å². The number of carbonyl (C=O) groups is 1. The summed E-state index contributed by atoms with van der Waals surface area (Å²) >= 11 is 1.60. The van der Waals surface area contributed by atoms with Crippen LogP contribution in [0.2, 0.25) is 0 Å². The highest BCUT2D eigenvalue weighted by Crippen LogP contribution is 2.28. The molecule has 0 aliphatic heterocycles. The molecule has 0 aliphatic carbocycles. The predicted molar refractivity (Wildman–Crippen MR) is 84.1 cm³/mol. The van der Waals surface area contributed by atoms with Crippen LogP contribution < -0.4 is 5.32 Å². The van der Waals surface area contributed by atoms with Crippen LogP contribution >= 0.6 is 11.3 Å². The molecule has 3 rings (SSSR count). The number of aromatic amines is 1. The lowest BCUT2D eigenvalue weighted by Crippen LogP contribution is -2.32. The first kappa shape index (κ1) is 14.5. The van der Waals surface area contributed by atoms with E-state index in [1.54, 1.807) is 17.5 Å². The topological polar surface area (TPSA) is 104 Å². The normalized spacial score (nSPS) is 12.4. The number of anilines is 1. The number of carboxylic acids is 1. The van der Waals surface area contributed by atoms with Gasteiger partial charge in [-0.05, 0) is 12.5 Å². The van der Waals surface area contributed by atoms with Crippen LogP contribution in [0, 0.1) is 0 Å². The SMILES string of the molecule is CCc1cc2c(NC(Cc3cnc[nH]3)C(=O)O)ncnc2s1. The van der Waals surface area contributed by atoms with E-state index in [-0.39, 0.29) is 0 Å². The minimum atomic E-state index is -0.938. The zero-order valence-electron chi connectivity index (χ0n) is 11.9. The largest absolute Gasteiger partial charge is 0.480 e. The maximum absolute atomic E-state index is 11.5. The van der Waals surface area contributed by atoms with Gasteiger partial charge in [0.05, 0.1) is 11.7 Å². The molecule has 0 amide bonds. The number of aryl methyl sites for hydroxylation is 1. The molecule has 3 aromatic heterocycles. The van der Waals surface area contributed by atoms with E-state index >= 15 is 0 Å². The van der Waals surface area contributed by atoms with Crippen LogP contribution in [0.4, 0.5) is 5.82 Å². The van der Waals surface area contributed by atoms with Gasteiger partial charge < -0.3 is 15.4 Å². The highest BCUT2D eigenvalue weighted by molar-refractivity contribution is 7.18. The second-order valence-electron chi connectivity index (χ2n) is 4.82. The summed E-state index contributed by atoms with van der Waals surface area (Å²) in [6, 6.07) is 1.22. The van der Waals surface area contributed by atoms with Crippen molar-refractivity contribution in [2.75, 3.05) is 5.32 Å². The van der Waals surface area contributed by atoms with E-state index < -0.39 is 12.0 Å². The first-order chi connectivity index (χ1) is 10.7. The molecule has 3 aromatic rings. The molecule has 0 aliphatic rings. The quantitative estimate of drug-likeness (QED) is 0.643. The Morgan fingerprint density at radius 1 is 1.50 bits per heavy atom. The number of hydrogen-bond donors (Lipinski definition) is 3. The minimum Gasteiger partial charge on any atom is -0.480 e. The zero-order chi connectivity index (χ0) is 15.5. The molecule has 0 aromatic carbocycles. The number of hydrogen-bond acceptors (Lipinski definition) is 6. The van der Waals surface area contributed by atoms with Gasteiger partial charge in [-0.3, -0.25) is 0 Å². The van der Waals surface area contributed by atoms with Gasteiger partial charge in [0.15, 0.2) is 0 Å². The molecule has 0 bridgehead atoms. The van der Waals surface area contributed by atoms with Crippen molar-refractivity contribution >= 4 is 33.3 Å². The number of fused-ring (bicyclic) bond motifs is 1. The van der Waals surface area contributed by atoms with Crippen molar-refractivity contribution in [2.45, 2.75) is 25.8 Å². The summed E-state index contributed by atoms with van der Waals surface area (Å²) in [6.07, 6.45) is 5.81. The number of H-pyrrole nitrogens is 1. The molecule has 7 nitrogen and oxygen atoms in total. The van der Waals surface area contributed by atoms with Gasteiger partial charge >= 0.3 is 5.97 Å². The van der Waals surface area contributed by atoms with Crippen LogP contribution in [0.3, 0.4) is 0 Å². The fourth-order valence-corrected chi connectivity index (χ4v) is 3.11. The lowest BCUT2D eigenvalue weighted by molar-refractivity contribution is -0.137. The highest BCUT2D eigenvalue weighted by Gasteiger charge is 2.20. The second-order valence-corrected chi connectivity index (χ2v) is 5.94.